The molecule has 0 saturated carbocycles. The molecule has 1 aliphatic heterocycles. The lowest BCUT2D eigenvalue weighted by atomic mass is 9.97. The van der Waals surface area contributed by atoms with E-state index in [1.54, 1.807) is 13.8 Å². The van der Waals surface area contributed by atoms with Crippen LogP contribution in [0.15, 0.2) is 42.5 Å². The smallest absolute Gasteiger partial charge is 0.346 e. The van der Waals surface area contributed by atoms with Crippen molar-refractivity contribution < 1.29 is 33.6 Å². The van der Waals surface area contributed by atoms with Crippen LogP contribution in [0.2, 0.25) is 0 Å². The van der Waals surface area contributed by atoms with Crippen LogP contribution in [0.3, 0.4) is 0 Å². The topological polar surface area (TPSA) is 151 Å². The summed E-state index contributed by atoms with van der Waals surface area (Å²) in [4.78, 5) is 47.9. The van der Waals surface area contributed by atoms with Crippen LogP contribution >= 0.6 is 0 Å². The lowest BCUT2D eigenvalue weighted by Crippen LogP contribution is -2.40. The third-order valence-corrected chi connectivity index (χ3v) is 5.20. The molecular formula is C22H23N3O9. The van der Waals surface area contributed by atoms with E-state index in [4.69, 9.17) is 14.2 Å². The van der Waals surface area contributed by atoms with E-state index in [2.05, 4.69) is 0 Å². The van der Waals surface area contributed by atoms with Gasteiger partial charge in [-0.2, -0.15) is 0 Å². The van der Waals surface area contributed by atoms with Crippen LogP contribution in [0.1, 0.15) is 29.8 Å². The molecule has 180 valence electrons. The van der Waals surface area contributed by atoms with Gasteiger partial charge in [0.2, 0.25) is 0 Å². The maximum absolute atomic E-state index is 12.8. The third kappa shape index (κ3) is 6.11. The molecule has 0 bridgehead atoms. The molecule has 0 N–H and O–H groups in total. The maximum atomic E-state index is 12.8. The van der Waals surface area contributed by atoms with Gasteiger partial charge in [0.25, 0.3) is 11.4 Å². The Kier molecular flexibility index (Phi) is 7.54. The molecule has 34 heavy (non-hydrogen) atoms. The molecular weight excluding hydrogens is 450 g/mol. The number of carbonyl (C=O) groups excluding carboxylic acids is 2. The second-order valence-corrected chi connectivity index (χ2v) is 8.00. The molecule has 2 aromatic rings. The molecule has 0 atom stereocenters. The van der Waals surface area contributed by atoms with Crippen LogP contribution in [0, 0.1) is 20.2 Å². The number of nitro groups is 2. The fraction of sp³-hybridized carbons (Fsp3) is 0.364. The highest BCUT2D eigenvalue weighted by molar-refractivity contribution is 5.94. The van der Waals surface area contributed by atoms with Gasteiger partial charge in [-0.25, -0.2) is 4.79 Å². The first-order valence-corrected chi connectivity index (χ1v) is 10.3. The van der Waals surface area contributed by atoms with Crippen molar-refractivity contribution >= 4 is 23.3 Å². The first-order valence-electron chi connectivity index (χ1n) is 10.3. The summed E-state index contributed by atoms with van der Waals surface area (Å²) in [5.74, 6) is -1.64. The normalized spacial score (nSPS) is 14.3. The van der Waals surface area contributed by atoms with Gasteiger partial charge in [-0.05, 0) is 43.7 Å². The van der Waals surface area contributed by atoms with Crippen LogP contribution in [0.5, 0.6) is 5.75 Å². The van der Waals surface area contributed by atoms with Gasteiger partial charge in [-0.15, -0.1) is 0 Å². The molecule has 1 saturated heterocycles. The van der Waals surface area contributed by atoms with Crippen molar-refractivity contribution in [1.29, 1.82) is 0 Å². The molecule has 3 rings (SSSR count). The lowest BCUT2D eigenvalue weighted by molar-refractivity contribution is -0.385. The van der Waals surface area contributed by atoms with Crippen molar-refractivity contribution in [2.45, 2.75) is 19.4 Å². The quantitative estimate of drug-likeness (QED) is 0.242. The number of non-ortho nitro benzene ring substituents is 1. The van der Waals surface area contributed by atoms with Gasteiger partial charge in [0, 0.05) is 25.2 Å². The van der Waals surface area contributed by atoms with Crippen LogP contribution in [0.25, 0.3) is 0 Å². The minimum Gasteiger partial charge on any atom is -0.451 e. The Morgan fingerprint density at radius 2 is 1.68 bits per heavy atom. The Morgan fingerprint density at radius 3 is 2.26 bits per heavy atom. The standard InChI is InChI=1S/C22H23N3O9/c1-22(2,15-3-5-16(6-4-15)24(28)29)34-21(27)18-8-7-17(13-19(18)25(30)31)33-20(26)14-23-9-11-32-12-10-23/h3-8,13H,9-12,14H2,1-2H3. The van der Waals surface area contributed by atoms with Crippen molar-refractivity contribution in [3.8, 4) is 5.75 Å². The molecule has 12 heteroatoms. The highest BCUT2D eigenvalue weighted by Gasteiger charge is 2.31. The average molecular weight is 473 g/mol. The summed E-state index contributed by atoms with van der Waals surface area (Å²) < 4.78 is 15.9. The van der Waals surface area contributed by atoms with E-state index in [1.165, 1.54) is 30.3 Å². The van der Waals surface area contributed by atoms with E-state index in [0.717, 1.165) is 12.1 Å². The molecule has 0 amide bonds. The monoisotopic (exact) mass is 473 g/mol. The van der Waals surface area contributed by atoms with E-state index in [1.807, 2.05) is 4.90 Å². The van der Waals surface area contributed by atoms with Gasteiger partial charge in [-0.1, -0.05) is 0 Å². The first-order chi connectivity index (χ1) is 16.1. The van der Waals surface area contributed by atoms with Crippen molar-refractivity contribution in [3.05, 3.63) is 73.8 Å². The second-order valence-electron chi connectivity index (χ2n) is 8.00. The van der Waals surface area contributed by atoms with Gasteiger partial charge in [0.15, 0.2) is 0 Å². The predicted octanol–water partition coefficient (Wildman–Crippen LogP) is 2.83. The minimum atomic E-state index is -1.23. The molecule has 1 aliphatic rings. The number of morpholine rings is 1. The van der Waals surface area contributed by atoms with Crippen LogP contribution in [-0.4, -0.2) is 59.5 Å². The molecule has 0 aromatic heterocycles. The zero-order chi connectivity index (χ0) is 24.9. The molecule has 0 unspecified atom stereocenters. The number of hydrogen-bond donors (Lipinski definition) is 0. The van der Waals surface area contributed by atoms with Gasteiger partial charge < -0.3 is 14.2 Å². The maximum Gasteiger partial charge on any atom is 0.346 e. The Hall–Kier alpha value is -3.90. The van der Waals surface area contributed by atoms with Crippen molar-refractivity contribution in [3.63, 3.8) is 0 Å². The van der Waals surface area contributed by atoms with E-state index >= 15 is 0 Å². The number of rotatable bonds is 8. The minimum absolute atomic E-state index is 0.00434. The van der Waals surface area contributed by atoms with Crippen molar-refractivity contribution in [2.24, 2.45) is 0 Å². The number of benzene rings is 2. The molecule has 0 spiro atoms. The largest absolute Gasteiger partial charge is 0.451 e. The highest BCUT2D eigenvalue weighted by atomic mass is 16.6. The van der Waals surface area contributed by atoms with Gasteiger partial charge in [0.05, 0.1) is 35.7 Å². The van der Waals surface area contributed by atoms with E-state index < -0.39 is 33.1 Å². The predicted molar refractivity (Wildman–Crippen MR) is 118 cm³/mol. The Balaban J connectivity index is 1.73. The SMILES string of the molecule is CC(C)(OC(=O)c1ccc(OC(=O)CN2CCOCC2)cc1[N+](=O)[O-])c1ccc([N+](=O)[O-])cc1. The molecule has 0 radical (unpaired) electrons. The number of nitro benzene ring substituents is 2. The lowest BCUT2D eigenvalue weighted by Gasteiger charge is -2.25. The van der Waals surface area contributed by atoms with E-state index in [-0.39, 0.29) is 23.5 Å². The molecule has 12 nitrogen and oxygen atoms in total. The summed E-state index contributed by atoms with van der Waals surface area (Å²) in [6, 6.07) is 8.85. The number of ether oxygens (including phenoxy) is 3. The number of hydrogen-bond acceptors (Lipinski definition) is 10. The van der Waals surface area contributed by atoms with Gasteiger partial charge in [0.1, 0.15) is 16.9 Å². The number of esters is 2. The molecule has 0 aliphatic carbocycles. The number of carbonyl (C=O) groups is 2. The summed E-state index contributed by atoms with van der Waals surface area (Å²) in [5, 5.41) is 22.4. The Labute approximate surface area is 194 Å². The molecule has 2 aromatic carbocycles. The zero-order valence-electron chi connectivity index (χ0n) is 18.6. The summed E-state index contributed by atoms with van der Waals surface area (Å²) in [5.41, 5.74) is -1.80. The highest BCUT2D eigenvalue weighted by Crippen LogP contribution is 2.31. The van der Waals surface area contributed by atoms with Crippen LogP contribution in [-0.2, 0) is 19.9 Å². The zero-order valence-corrected chi connectivity index (χ0v) is 18.6. The molecule has 1 heterocycles. The van der Waals surface area contributed by atoms with E-state index in [0.29, 0.717) is 31.9 Å². The fourth-order valence-electron chi connectivity index (χ4n) is 3.33. The van der Waals surface area contributed by atoms with Gasteiger partial charge in [-0.3, -0.25) is 29.9 Å². The third-order valence-electron chi connectivity index (χ3n) is 5.20. The summed E-state index contributed by atoms with van der Waals surface area (Å²) >= 11 is 0. The van der Waals surface area contributed by atoms with Crippen molar-refractivity contribution in [1.82, 2.24) is 4.90 Å². The Morgan fingerprint density at radius 1 is 1.03 bits per heavy atom. The second kappa shape index (κ2) is 10.4. The van der Waals surface area contributed by atoms with Crippen molar-refractivity contribution in [2.75, 3.05) is 32.8 Å². The molecule has 1 fully saturated rings. The van der Waals surface area contributed by atoms with Gasteiger partial charge >= 0.3 is 11.9 Å². The first kappa shape index (κ1) is 24.7. The van der Waals surface area contributed by atoms with Crippen LogP contribution < -0.4 is 4.74 Å². The fourth-order valence-corrected chi connectivity index (χ4v) is 3.33. The average Bonchev–Trinajstić information content (AvgIpc) is 2.79. The number of nitrogens with zero attached hydrogens (tertiary/aromatic N) is 3. The summed E-state index contributed by atoms with van der Waals surface area (Å²) in [6.07, 6.45) is 0. The van der Waals surface area contributed by atoms with E-state index in [9.17, 15) is 29.8 Å². The van der Waals surface area contributed by atoms with Crippen LogP contribution in [0.4, 0.5) is 11.4 Å². The summed E-state index contributed by atoms with van der Waals surface area (Å²) in [6.45, 7) is 5.27. The summed E-state index contributed by atoms with van der Waals surface area (Å²) in [7, 11) is 0. The Bertz CT molecular complexity index is 1090.